The van der Waals surface area contributed by atoms with E-state index in [0.717, 1.165) is 38.5 Å². The first-order valence-electron chi connectivity index (χ1n) is 26.4. The number of amides is 1. The molecule has 0 aromatic carbocycles. The normalized spacial score (nSPS) is 14.1. The maximum atomic E-state index is 13.0. The molecule has 0 fully saturated rings. The van der Waals surface area contributed by atoms with E-state index in [1.165, 1.54) is 205 Å². The summed E-state index contributed by atoms with van der Waals surface area (Å²) in [6.07, 6.45) is 49.9. The number of nitrogens with zero attached hydrogens (tertiary/aromatic N) is 1. The Bertz CT molecular complexity index is 947. The van der Waals surface area contributed by atoms with E-state index in [4.69, 9.17) is 9.05 Å². The molecule has 60 heavy (non-hydrogen) atoms. The van der Waals surface area contributed by atoms with Crippen LogP contribution in [0.25, 0.3) is 0 Å². The van der Waals surface area contributed by atoms with E-state index in [-0.39, 0.29) is 19.1 Å². The lowest BCUT2D eigenvalue weighted by Gasteiger charge is -2.26. The number of aliphatic hydroxyl groups is 1. The number of nitrogens with one attached hydrogen (secondary N) is 1. The van der Waals surface area contributed by atoms with Crippen molar-refractivity contribution in [3.05, 3.63) is 0 Å². The predicted octanol–water partition coefficient (Wildman–Crippen LogP) is 15.3. The molecule has 0 bridgehead atoms. The Balaban J connectivity index is 4.21. The molecule has 0 aliphatic rings. The highest BCUT2D eigenvalue weighted by molar-refractivity contribution is 7.47. The fourth-order valence-electron chi connectivity index (χ4n) is 8.17. The van der Waals surface area contributed by atoms with E-state index in [1.54, 1.807) is 0 Å². The molecule has 360 valence electrons. The molecule has 8 nitrogen and oxygen atoms in total. The van der Waals surface area contributed by atoms with Crippen LogP contribution >= 0.6 is 7.82 Å². The zero-order chi connectivity index (χ0) is 44.3. The van der Waals surface area contributed by atoms with Crippen LogP contribution in [0.1, 0.15) is 271 Å². The van der Waals surface area contributed by atoms with Crippen molar-refractivity contribution in [2.24, 2.45) is 0 Å². The van der Waals surface area contributed by atoms with Gasteiger partial charge in [-0.2, -0.15) is 0 Å². The molecule has 3 atom stereocenters. The molecular weight excluding hydrogens is 768 g/mol. The third kappa shape index (κ3) is 45.5. The molecule has 0 rings (SSSR count). The minimum absolute atomic E-state index is 0.0790. The molecule has 0 aliphatic heterocycles. The first-order chi connectivity index (χ1) is 29.0. The molecule has 0 heterocycles. The van der Waals surface area contributed by atoms with E-state index in [0.29, 0.717) is 23.9 Å². The molecule has 3 N–H and O–H groups in total. The van der Waals surface area contributed by atoms with Crippen molar-refractivity contribution in [3.8, 4) is 0 Å². The summed E-state index contributed by atoms with van der Waals surface area (Å²) in [5.74, 6) is -0.137. The van der Waals surface area contributed by atoms with Gasteiger partial charge < -0.3 is 19.8 Å². The number of carbonyl (C=O) groups excluding carboxylic acids is 1. The standard InChI is InChI=1S/C51H105N2O6P/c1-6-8-10-12-14-16-18-20-22-24-26-28-30-32-34-36-38-40-42-44-50(54)49(48-59-60(56,57)58-47-46-53(3,4)5)52-51(55)45-43-41-39-37-35-33-31-29-27-25-23-21-19-17-15-13-11-9-7-2/h49-50,54H,6-48H2,1-5H3,(H-,52,55,56,57)/p+1. The fraction of sp³-hybridized carbons (Fsp3) is 0.980. The Morgan fingerprint density at radius 3 is 1.12 bits per heavy atom. The van der Waals surface area contributed by atoms with Gasteiger partial charge in [0.25, 0.3) is 0 Å². The summed E-state index contributed by atoms with van der Waals surface area (Å²) in [6, 6.07) is -0.754. The molecule has 0 aromatic heterocycles. The number of hydrogen-bond donors (Lipinski definition) is 3. The number of carbonyl (C=O) groups is 1. The van der Waals surface area contributed by atoms with Crippen molar-refractivity contribution >= 4 is 13.7 Å². The Morgan fingerprint density at radius 2 is 0.800 bits per heavy atom. The largest absolute Gasteiger partial charge is 0.472 e. The molecule has 1 amide bonds. The van der Waals surface area contributed by atoms with Gasteiger partial charge in [0.15, 0.2) is 0 Å². The minimum atomic E-state index is -4.31. The summed E-state index contributed by atoms with van der Waals surface area (Å²) < 4.78 is 23.7. The number of likely N-dealkylation sites (N-methyl/N-ethyl adjacent to an activating group) is 1. The van der Waals surface area contributed by atoms with Gasteiger partial charge in [-0.1, -0.05) is 251 Å². The van der Waals surface area contributed by atoms with Gasteiger partial charge >= 0.3 is 7.82 Å². The zero-order valence-corrected chi connectivity index (χ0v) is 41.9. The monoisotopic (exact) mass is 874 g/mol. The highest BCUT2D eigenvalue weighted by Gasteiger charge is 2.28. The van der Waals surface area contributed by atoms with Gasteiger partial charge in [0.2, 0.25) is 5.91 Å². The number of unbranched alkanes of at least 4 members (excludes halogenated alkanes) is 36. The lowest BCUT2D eigenvalue weighted by Crippen LogP contribution is -2.46. The van der Waals surface area contributed by atoms with Crippen LogP contribution in [0.15, 0.2) is 0 Å². The highest BCUT2D eigenvalue weighted by atomic mass is 31.2. The quantitative estimate of drug-likeness (QED) is 0.0319. The van der Waals surface area contributed by atoms with Gasteiger partial charge in [0, 0.05) is 6.42 Å². The van der Waals surface area contributed by atoms with Gasteiger partial charge in [0.1, 0.15) is 13.2 Å². The van der Waals surface area contributed by atoms with Crippen LogP contribution in [0.5, 0.6) is 0 Å². The molecule has 9 heteroatoms. The van der Waals surface area contributed by atoms with Crippen molar-refractivity contribution in [1.29, 1.82) is 0 Å². The van der Waals surface area contributed by atoms with Crippen molar-refractivity contribution in [3.63, 3.8) is 0 Å². The van der Waals surface area contributed by atoms with E-state index >= 15 is 0 Å². The number of rotatable bonds is 49. The van der Waals surface area contributed by atoms with Gasteiger partial charge in [-0.25, -0.2) is 4.57 Å². The SMILES string of the molecule is CCCCCCCCCCCCCCCCCCCCCC(=O)NC(COP(=O)(O)OCC[N+](C)(C)C)C(O)CCCCCCCCCCCCCCCCCCCCC. The van der Waals surface area contributed by atoms with Gasteiger partial charge in [-0.15, -0.1) is 0 Å². The molecule has 0 saturated carbocycles. The zero-order valence-electron chi connectivity index (χ0n) is 41.0. The number of phosphoric acid groups is 1. The predicted molar refractivity (Wildman–Crippen MR) is 259 cm³/mol. The van der Waals surface area contributed by atoms with E-state index in [2.05, 4.69) is 19.2 Å². The number of phosphoric ester groups is 1. The Morgan fingerprint density at radius 1 is 0.500 bits per heavy atom. The minimum Gasteiger partial charge on any atom is -0.391 e. The molecule has 0 aliphatic carbocycles. The molecule has 3 unspecified atom stereocenters. The third-order valence-electron chi connectivity index (χ3n) is 12.4. The lowest BCUT2D eigenvalue weighted by molar-refractivity contribution is -0.870. The summed E-state index contributed by atoms with van der Waals surface area (Å²) in [4.78, 5) is 23.3. The van der Waals surface area contributed by atoms with E-state index < -0.39 is 20.0 Å². The van der Waals surface area contributed by atoms with Crippen molar-refractivity contribution in [2.45, 2.75) is 283 Å². The first kappa shape index (κ1) is 59.5. The molecule has 0 radical (unpaired) electrons. The Hall–Kier alpha value is -0.500. The average molecular weight is 874 g/mol. The highest BCUT2D eigenvalue weighted by Crippen LogP contribution is 2.43. The van der Waals surface area contributed by atoms with Crippen molar-refractivity contribution in [2.75, 3.05) is 40.9 Å². The second-order valence-electron chi connectivity index (χ2n) is 19.6. The molecule has 0 spiro atoms. The smallest absolute Gasteiger partial charge is 0.391 e. The number of hydrogen-bond acceptors (Lipinski definition) is 5. The molecule has 0 aromatic rings. The topological polar surface area (TPSA) is 105 Å². The summed E-state index contributed by atoms with van der Waals surface area (Å²) >= 11 is 0. The maximum Gasteiger partial charge on any atom is 0.472 e. The van der Waals surface area contributed by atoms with E-state index in [1.807, 2.05) is 21.1 Å². The van der Waals surface area contributed by atoms with Crippen LogP contribution < -0.4 is 5.32 Å². The van der Waals surface area contributed by atoms with Crippen molar-refractivity contribution in [1.82, 2.24) is 5.32 Å². The van der Waals surface area contributed by atoms with Crippen LogP contribution in [-0.4, -0.2) is 73.4 Å². The summed E-state index contributed by atoms with van der Waals surface area (Å²) in [5.41, 5.74) is 0. The number of aliphatic hydroxyl groups excluding tert-OH is 1. The second kappa shape index (κ2) is 43.7. The maximum absolute atomic E-state index is 13.0. The van der Waals surface area contributed by atoms with Gasteiger partial charge in [-0.3, -0.25) is 13.8 Å². The van der Waals surface area contributed by atoms with Gasteiger partial charge in [0.05, 0.1) is 39.9 Å². The van der Waals surface area contributed by atoms with Crippen LogP contribution in [0.3, 0.4) is 0 Å². The Kier molecular flexibility index (Phi) is 43.4. The summed E-state index contributed by atoms with van der Waals surface area (Å²) in [7, 11) is 1.63. The number of quaternary nitrogens is 1. The first-order valence-corrected chi connectivity index (χ1v) is 27.9. The third-order valence-corrected chi connectivity index (χ3v) is 13.3. The van der Waals surface area contributed by atoms with E-state index in [9.17, 15) is 19.4 Å². The average Bonchev–Trinajstić information content (AvgIpc) is 3.20. The van der Waals surface area contributed by atoms with Crippen molar-refractivity contribution < 1.29 is 32.9 Å². The van der Waals surface area contributed by atoms with Crippen LogP contribution in [0, 0.1) is 0 Å². The van der Waals surface area contributed by atoms with Crippen LogP contribution in [-0.2, 0) is 18.4 Å². The second-order valence-corrected chi connectivity index (χ2v) is 21.1. The van der Waals surface area contributed by atoms with Crippen LogP contribution in [0.2, 0.25) is 0 Å². The Labute approximate surface area is 374 Å². The summed E-state index contributed by atoms with van der Waals surface area (Å²) in [6.45, 7) is 4.94. The van der Waals surface area contributed by atoms with Gasteiger partial charge in [-0.05, 0) is 12.8 Å². The molecular formula is C51H106N2O6P+. The lowest BCUT2D eigenvalue weighted by atomic mass is 10.0. The van der Waals surface area contributed by atoms with Crippen LogP contribution in [0.4, 0.5) is 0 Å². The molecule has 0 saturated heterocycles. The fourth-order valence-corrected chi connectivity index (χ4v) is 8.90. The summed E-state index contributed by atoms with van der Waals surface area (Å²) in [5, 5.41) is 14.0.